The standard InChI is InChI=1S/C19H20N2O3S2/c1-13-12-25-18-7-6-16(10-17(18)20-19(13)22)26(23,24)21-9-8-14-4-2-3-5-15(14)11-21/h2-7,10,13H,8-9,11-12H2,1H3,(H,20,22)/t13-/m1/s1. The van der Waals surface area contributed by atoms with E-state index in [0.717, 1.165) is 10.5 Å². The van der Waals surface area contributed by atoms with Crippen LogP contribution in [0.15, 0.2) is 52.3 Å². The van der Waals surface area contributed by atoms with E-state index in [1.165, 1.54) is 9.87 Å². The predicted octanol–water partition coefficient (Wildman–Crippen LogP) is 3.11. The van der Waals surface area contributed by atoms with E-state index in [-0.39, 0.29) is 16.7 Å². The molecule has 0 aromatic heterocycles. The Hall–Kier alpha value is -1.83. The van der Waals surface area contributed by atoms with Gasteiger partial charge in [-0.25, -0.2) is 8.42 Å². The average Bonchev–Trinajstić information content (AvgIpc) is 2.79. The van der Waals surface area contributed by atoms with E-state index in [0.29, 0.717) is 31.0 Å². The lowest BCUT2D eigenvalue weighted by Crippen LogP contribution is -2.36. The third-order valence-corrected chi connectivity index (χ3v) is 8.05. The van der Waals surface area contributed by atoms with E-state index in [9.17, 15) is 13.2 Å². The predicted molar refractivity (Wildman–Crippen MR) is 103 cm³/mol. The van der Waals surface area contributed by atoms with E-state index in [4.69, 9.17) is 0 Å². The number of anilines is 1. The van der Waals surface area contributed by atoms with Gasteiger partial charge in [-0.1, -0.05) is 31.2 Å². The number of thioether (sulfide) groups is 1. The summed E-state index contributed by atoms with van der Waals surface area (Å²) in [5, 5.41) is 2.86. The van der Waals surface area contributed by atoms with Crippen molar-refractivity contribution in [3.05, 3.63) is 53.6 Å². The van der Waals surface area contributed by atoms with Crippen molar-refractivity contribution in [2.75, 3.05) is 17.6 Å². The molecule has 0 fully saturated rings. The quantitative estimate of drug-likeness (QED) is 0.858. The highest BCUT2D eigenvalue weighted by Crippen LogP contribution is 2.35. The van der Waals surface area contributed by atoms with Gasteiger partial charge in [0.2, 0.25) is 15.9 Å². The van der Waals surface area contributed by atoms with Gasteiger partial charge in [0.25, 0.3) is 0 Å². The maximum Gasteiger partial charge on any atom is 0.243 e. The van der Waals surface area contributed by atoms with Crippen LogP contribution >= 0.6 is 11.8 Å². The average molecular weight is 389 g/mol. The highest BCUT2D eigenvalue weighted by Gasteiger charge is 2.29. The Balaban J connectivity index is 1.65. The molecule has 0 aliphatic carbocycles. The molecular formula is C19H20N2O3S2. The van der Waals surface area contributed by atoms with Crippen molar-refractivity contribution in [1.82, 2.24) is 4.31 Å². The van der Waals surface area contributed by atoms with Gasteiger partial charge in [-0.15, -0.1) is 11.8 Å². The van der Waals surface area contributed by atoms with Crippen molar-refractivity contribution >= 4 is 33.4 Å². The fourth-order valence-corrected chi connectivity index (χ4v) is 5.72. The summed E-state index contributed by atoms with van der Waals surface area (Å²) in [6, 6.07) is 13.0. The second-order valence-corrected chi connectivity index (χ2v) is 9.72. The van der Waals surface area contributed by atoms with Crippen LogP contribution in [-0.4, -0.2) is 30.9 Å². The van der Waals surface area contributed by atoms with Gasteiger partial charge < -0.3 is 5.32 Å². The molecule has 2 heterocycles. The van der Waals surface area contributed by atoms with E-state index >= 15 is 0 Å². The van der Waals surface area contributed by atoms with Crippen molar-refractivity contribution in [3.63, 3.8) is 0 Å². The monoisotopic (exact) mass is 388 g/mol. The Kier molecular flexibility index (Phi) is 4.54. The number of sulfonamides is 1. The number of carbonyl (C=O) groups is 1. The number of hydrogen-bond donors (Lipinski definition) is 1. The first-order valence-electron chi connectivity index (χ1n) is 8.60. The zero-order valence-electron chi connectivity index (χ0n) is 14.4. The van der Waals surface area contributed by atoms with Crippen LogP contribution in [0.25, 0.3) is 0 Å². The molecule has 26 heavy (non-hydrogen) atoms. The van der Waals surface area contributed by atoms with Crippen LogP contribution in [0.4, 0.5) is 5.69 Å². The first kappa shape index (κ1) is 17.6. The molecular weight excluding hydrogens is 368 g/mol. The van der Waals surface area contributed by atoms with Crippen molar-refractivity contribution in [2.45, 2.75) is 29.7 Å². The minimum Gasteiger partial charge on any atom is -0.325 e. The smallest absolute Gasteiger partial charge is 0.243 e. The summed E-state index contributed by atoms with van der Waals surface area (Å²) in [5.41, 5.74) is 2.84. The van der Waals surface area contributed by atoms with Gasteiger partial charge in [-0.2, -0.15) is 4.31 Å². The van der Waals surface area contributed by atoms with Gasteiger partial charge in [-0.3, -0.25) is 4.79 Å². The number of benzene rings is 2. The highest BCUT2D eigenvalue weighted by atomic mass is 32.2. The number of amides is 1. The highest BCUT2D eigenvalue weighted by molar-refractivity contribution is 7.99. The van der Waals surface area contributed by atoms with Crippen LogP contribution in [0.5, 0.6) is 0 Å². The lowest BCUT2D eigenvalue weighted by atomic mass is 10.0. The second kappa shape index (κ2) is 6.72. The molecule has 5 nitrogen and oxygen atoms in total. The summed E-state index contributed by atoms with van der Waals surface area (Å²) < 4.78 is 27.8. The summed E-state index contributed by atoms with van der Waals surface area (Å²) >= 11 is 1.58. The third-order valence-electron chi connectivity index (χ3n) is 4.88. The Morgan fingerprint density at radius 1 is 1.15 bits per heavy atom. The molecule has 1 amide bonds. The van der Waals surface area contributed by atoms with Crippen LogP contribution < -0.4 is 5.32 Å². The molecule has 2 aromatic carbocycles. The van der Waals surface area contributed by atoms with Crippen LogP contribution in [0.2, 0.25) is 0 Å². The first-order valence-corrected chi connectivity index (χ1v) is 11.0. The molecule has 136 valence electrons. The van der Waals surface area contributed by atoms with E-state index in [2.05, 4.69) is 11.4 Å². The molecule has 4 rings (SSSR count). The summed E-state index contributed by atoms with van der Waals surface area (Å²) in [5.74, 6) is 0.511. The second-order valence-electron chi connectivity index (χ2n) is 6.72. The van der Waals surface area contributed by atoms with E-state index in [1.807, 2.05) is 25.1 Å². The minimum absolute atomic E-state index is 0.0716. The molecule has 0 saturated heterocycles. The first-order chi connectivity index (χ1) is 12.4. The molecule has 1 N–H and O–H groups in total. The molecule has 2 aromatic rings. The van der Waals surface area contributed by atoms with Gasteiger partial charge in [0, 0.05) is 29.7 Å². The topological polar surface area (TPSA) is 66.5 Å². The Labute approximate surface area is 157 Å². The number of carbonyl (C=O) groups excluding carboxylic acids is 1. The summed E-state index contributed by atoms with van der Waals surface area (Å²) in [6.45, 7) is 2.72. The zero-order chi connectivity index (χ0) is 18.3. The lowest BCUT2D eigenvalue weighted by molar-refractivity contribution is -0.118. The Morgan fingerprint density at radius 3 is 2.73 bits per heavy atom. The molecule has 0 bridgehead atoms. The molecule has 0 spiro atoms. The van der Waals surface area contributed by atoms with Crippen LogP contribution in [0, 0.1) is 5.92 Å². The SMILES string of the molecule is C[C@@H]1CSc2ccc(S(=O)(=O)N3CCc4ccccc4C3)cc2NC1=O. The van der Waals surface area contributed by atoms with E-state index in [1.54, 1.807) is 30.0 Å². The van der Waals surface area contributed by atoms with Gasteiger partial charge >= 0.3 is 0 Å². The van der Waals surface area contributed by atoms with Crippen molar-refractivity contribution in [1.29, 1.82) is 0 Å². The minimum atomic E-state index is -3.61. The fourth-order valence-electron chi connectivity index (χ4n) is 3.26. The maximum absolute atomic E-state index is 13.1. The summed E-state index contributed by atoms with van der Waals surface area (Å²) in [6.07, 6.45) is 0.713. The van der Waals surface area contributed by atoms with Gasteiger partial charge in [-0.05, 0) is 35.7 Å². The zero-order valence-corrected chi connectivity index (χ0v) is 16.1. The van der Waals surface area contributed by atoms with Crippen molar-refractivity contribution in [3.8, 4) is 0 Å². The Bertz CT molecular complexity index is 972. The lowest BCUT2D eigenvalue weighted by Gasteiger charge is -2.28. The molecule has 2 aliphatic heterocycles. The molecule has 0 saturated carbocycles. The molecule has 0 radical (unpaired) electrons. The number of fused-ring (bicyclic) bond motifs is 2. The normalized spacial score (nSPS) is 20.7. The molecule has 2 aliphatic rings. The maximum atomic E-state index is 13.1. The van der Waals surface area contributed by atoms with Gasteiger partial charge in [0.1, 0.15) is 0 Å². The van der Waals surface area contributed by atoms with Gasteiger partial charge in [0.05, 0.1) is 10.6 Å². The largest absolute Gasteiger partial charge is 0.325 e. The number of rotatable bonds is 2. The summed E-state index contributed by atoms with van der Waals surface area (Å²) in [4.78, 5) is 13.2. The number of nitrogens with zero attached hydrogens (tertiary/aromatic N) is 1. The van der Waals surface area contributed by atoms with Crippen LogP contribution in [0.1, 0.15) is 18.1 Å². The molecule has 0 unspecified atom stereocenters. The number of nitrogens with one attached hydrogen (secondary N) is 1. The molecule has 1 atom stereocenters. The number of hydrogen-bond acceptors (Lipinski definition) is 4. The van der Waals surface area contributed by atoms with Gasteiger partial charge in [0.15, 0.2) is 0 Å². The fraction of sp³-hybridized carbons (Fsp3) is 0.316. The van der Waals surface area contributed by atoms with E-state index < -0.39 is 10.0 Å². The Morgan fingerprint density at radius 2 is 1.92 bits per heavy atom. The van der Waals surface area contributed by atoms with Crippen LogP contribution in [0.3, 0.4) is 0 Å². The molecule has 7 heteroatoms. The van der Waals surface area contributed by atoms with Crippen LogP contribution in [-0.2, 0) is 27.8 Å². The van der Waals surface area contributed by atoms with Crippen molar-refractivity contribution < 1.29 is 13.2 Å². The van der Waals surface area contributed by atoms with Crippen molar-refractivity contribution in [2.24, 2.45) is 5.92 Å². The summed E-state index contributed by atoms with van der Waals surface area (Å²) in [7, 11) is -3.61. The third kappa shape index (κ3) is 3.15.